The number of hydrogen-bond acceptors (Lipinski definition) is 1. The van der Waals surface area contributed by atoms with Crippen molar-refractivity contribution in [1.29, 1.82) is 0 Å². The average Bonchev–Trinajstić information content (AvgIpc) is 1.88. The van der Waals surface area contributed by atoms with Crippen LogP contribution in [0.5, 0.6) is 0 Å². The summed E-state index contributed by atoms with van der Waals surface area (Å²) >= 11 is 0. The Labute approximate surface area is 70.0 Å². The zero-order valence-electron chi connectivity index (χ0n) is 6.89. The molecule has 0 aromatic rings. The fraction of sp³-hybridized carbons (Fsp3) is 1.00. The molecule has 1 nitrogen and oxygen atoms in total. The molecule has 2 heteroatoms. The average molecular weight is 164 g/mol. The van der Waals surface area contributed by atoms with Crippen molar-refractivity contribution in [3.05, 3.63) is 0 Å². The Morgan fingerprint density at radius 1 is 1.40 bits per heavy atom. The van der Waals surface area contributed by atoms with Crippen molar-refractivity contribution in [3.8, 4) is 0 Å². The van der Waals surface area contributed by atoms with E-state index >= 15 is 0 Å². The molecule has 0 aromatic heterocycles. The van der Waals surface area contributed by atoms with Gasteiger partial charge < -0.3 is 5.32 Å². The molecule has 0 bridgehead atoms. The maximum Gasteiger partial charge on any atom is 0.00669 e. The molecule has 0 saturated carbocycles. The summed E-state index contributed by atoms with van der Waals surface area (Å²) in [5, 5.41) is 3.57. The van der Waals surface area contributed by atoms with Crippen molar-refractivity contribution < 1.29 is 0 Å². The smallest absolute Gasteiger partial charge is 0.00669 e. The Balaban J connectivity index is 0.000000810. The van der Waals surface area contributed by atoms with E-state index in [-0.39, 0.29) is 12.4 Å². The van der Waals surface area contributed by atoms with Crippen LogP contribution in [0.25, 0.3) is 0 Å². The first-order chi connectivity index (χ1) is 4.33. The molecule has 0 amide bonds. The van der Waals surface area contributed by atoms with Crippen LogP contribution in [0, 0.1) is 0 Å². The number of rotatable bonds is 1. The summed E-state index contributed by atoms with van der Waals surface area (Å²) in [6, 6.07) is 1.58. The fourth-order valence-corrected chi connectivity index (χ4v) is 1.56. The second-order valence-electron chi connectivity index (χ2n) is 3.10. The maximum absolute atomic E-state index is 3.57. The van der Waals surface area contributed by atoms with Crippen LogP contribution in [-0.4, -0.2) is 12.1 Å². The summed E-state index contributed by atoms with van der Waals surface area (Å²) in [5.74, 6) is 0. The summed E-state index contributed by atoms with van der Waals surface area (Å²) in [4.78, 5) is 0. The highest BCUT2D eigenvalue weighted by molar-refractivity contribution is 5.85. The SMILES string of the molecule is CC[C@H]1CCC[C@H](C)N1.Cl. The van der Waals surface area contributed by atoms with Gasteiger partial charge in [-0.2, -0.15) is 0 Å². The maximum atomic E-state index is 3.57. The largest absolute Gasteiger partial charge is 0.312 e. The molecule has 1 fully saturated rings. The van der Waals surface area contributed by atoms with Gasteiger partial charge in [-0.15, -0.1) is 12.4 Å². The Morgan fingerprint density at radius 2 is 2.10 bits per heavy atom. The van der Waals surface area contributed by atoms with Crippen molar-refractivity contribution in [2.75, 3.05) is 0 Å². The Bertz CT molecular complexity index is 85.3. The molecule has 1 rings (SSSR count). The first-order valence-electron chi connectivity index (χ1n) is 4.09. The molecule has 0 radical (unpaired) electrons. The molecule has 1 aliphatic heterocycles. The topological polar surface area (TPSA) is 12.0 Å². The zero-order chi connectivity index (χ0) is 6.69. The summed E-state index contributed by atoms with van der Waals surface area (Å²) in [6.07, 6.45) is 5.48. The van der Waals surface area contributed by atoms with E-state index < -0.39 is 0 Å². The predicted octanol–water partition coefficient (Wildman–Crippen LogP) is 2.35. The number of hydrogen-bond donors (Lipinski definition) is 1. The second kappa shape index (κ2) is 4.97. The lowest BCUT2D eigenvalue weighted by atomic mass is 9.98. The minimum absolute atomic E-state index is 0. The van der Waals surface area contributed by atoms with Crippen LogP contribution in [0.4, 0.5) is 0 Å². The van der Waals surface area contributed by atoms with Crippen molar-refractivity contribution in [3.63, 3.8) is 0 Å². The minimum atomic E-state index is 0. The number of piperidine rings is 1. The molecule has 1 saturated heterocycles. The lowest BCUT2D eigenvalue weighted by Crippen LogP contribution is -2.39. The number of halogens is 1. The van der Waals surface area contributed by atoms with E-state index in [1.807, 2.05) is 0 Å². The monoisotopic (exact) mass is 163 g/mol. The molecule has 0 aromatic carbocycles. The Morgan fingerprint density at radius 3 is 2.50 bits per heavy atom. The molecule has 1 aliphatic rings. The van der Waals surface area contributed by atoms with Gasteiger partial charge >= 0.3 is 0 Å². The number of nitrogens with one attached hydrogen (secondary N) is 1. The molecule has 62 valence electrons. The minimum Gasteiger partial charge on any atom is -0.312 e. The molecule has 0 aliphatic carbocycles. The first-order valence-corrected chi connectivity index (χ1v) is 4.09. The summed E-state index contributed by atoms with van der Waals surface area (Å²) in [6.45, 7) is 4.54. The molecule has 1 N–H and O–H groups in total. The highest BCUT2D eigenvalue weighted by Crippen LogP contribution is 2.13. The highest BCUT2D eigenvalue weighted by Gasteiger charge is 2.14. The molecule has 1 heterocycles. The van der Waals surface area contributed by atoms with E-state index in [1.165, 1.54) is 25.7 Å². The third-order valence-corrected chi connectivity index (χ3v) is 2.20. The van der Waals surface area contributed by atoms with E-state index in [0.717, 1.165) is 12.1 Å². The summed E-state index contributed by atoms with van der Waals surface area (Å²) < 4.78 is 0. The van der Waals surface area contributed by atoms with Gasteiger partial charge in [0.15, 0.2) is 0 Å². The van der Waals surface area contributed by atoms with Gasteiger partial charge in [-0.1, -0.05) is 13.3 Å². The van der Waals surface area contributed by atoms with E-state index in [4.69, 9.17) is 0 Å². The summed E-state index contributed by atoms with van der Waals surface area (Å²) in [5.41, 5.74) is 0. The molecule has 10 heavy (non-hydrogen) atoms. The third-order valence-electron chi connectivity index (χ3n) is 2.20. The van der Waals surface area contributed by atoms with Gasteiger partial charge in [0, 0.05) is 12.1 Å². The van der Waals surface area contributed by atoms with Gasteiger partial charge in [-0.3, -0.25) is 0 Å². The fourth-order valence-electron chi connectivity index (χ4n) is 1.56. The van der Waals surface area contributed by atoms with Crippen molar-refractivity contribution >= 4 is 12.4 Å². The van der Waals surface area contributed by atoms with Crippen LogP contribution in [0.1, 0.15) is 39.5 Å². The van der Waals surface area contributed by atoms with Gasteiger partial charge in [0.2, 0.25) is 0 Å². The van der Waals surface area contributed by atoms with Gasteiger partial charge in [-0.05, 0) is 26.2 Å². The van der Waals surface area contributed by atoms with Crippen LogP contribution >= 0.6 is 12.4 Å². The van der Waals surface area contributed by atoms with E-state index in [0.29, 0.717) is 0 Å². The van der Waals surface area contributed by atoms with Gasteiger partial charge in [0.05, 0.1) is 0 Å². The lowest BCUT2D eigenvalue weighted by Gasteiger charge is -2.27. The summed E-state index contributed by atoms with van der Waals surface area (Å²) in [7, 11) is 0. The zero-order valence-corrected chi connectivity index (χ0v) is 7.71. The second-order valence-corrected chi connectivity index (χ2v) is 3.10. The molecular formula is C8H18ClN. The van der Waals surface area contributed by atoms with E-state index in [2.05, 4.69) is 19.2 Å². The van der Waals surface area contributed by atoms with Crippen LogP contribution in [0.2, 0.25) is 0 Å². The van der Waals surface area contributed by atoms with Gasteiger partial charge in [-0.25, -0.2) is 0 Å². The van der Waals surface area contributed by atoms with Crippen LogP contribution < -0.4 is 5.32 Å². The third kappa shape index (κ3) is 2.89. The van der Waals surface area contributed by atoms with Crippen molar-refractivity contribution in [2.45, 2.75) is 51.6 Å². The molecule has 0 spiro atoms. The van der Waals surface area contributed by atoms with Gasteiger partial charge in [0.25, 0.3) is 0 Å². The highest BCUT2D eigenvalue weighted by atomic mass is 35.5. The quantitative estimate of drug-likeness (QED) is 0.626. The molecule has 2 atom stereocenters. The van der Waals surface area contributed by atoms with Crippen LogP contribution in [0.15, 0.2) is 0 Å². The van der Waals surface area contributed by atoms with Gasteiger partial charge in [0.1, 0.15) is 0 Å². The Hall–Kier alpha value is 0.250. The Kier molecular flexibility index (Phi) is 5.10. The van der Waals surface area contributed by atoms with E-state index in [9.17, 15) is 0 Å². The lowest BCUT2D eigenvalue weighted by molar-refractivity contribution is 0.329. The predicted molar refractivity (Wildman–Crippen MR) is 47.8 cm³/mol. The molecule has 0 unspecified atom stereocenters. The van der Waals surface area contributed by atoms with Crippen LogP contribution in [-0.2, 0) is 0 Å². The van der Waals surface area contributed by atoms with Crippen LogP contribution in [0.3, 0.4) is 0 Å². The first kappa shape index (κ1) is 10.2. The standard InChI is InChI=1S/C8H17N.ClH/c1-3-8-6-4-5-7(2)9-8;/h7-9H,3-6H2,1-2H3;1H/t7-,8-;/m0./s1. The normalized spacial score (nSPS) is 33.0. The van der Waals surface area contributed by atoms with Crippen molar-refractivity contribution in [2.24, 2.45) is 0 Å². The van der Waals surface area contributed by atoms with E-state index in [1.54, 1.807) is 0 Å². The van der Waals surface area contributed by atoms with Crippen molar-refractivity contribution in [1.82, 2.24) is 5.32 Å². The molecular weight excluding hydrogens is 146 g/mol.